The van der Waals surface area contributed by atoms with Crippen LogP contribution >= 0.6 is 11.8 Å². The quantitative estimate of drug-likeness (QED) is 0.558. The number of aromatic nitrogens is 2. The standard InChI is InChI=1S/C13H18N4O2S2/c1-9-10(2)15-16-13(9)17-21(18,19)8-7-20-12-5-3-11(14)4-6-12/h3-6H,7-8,14H2,1-2H3,(H2,15,16,17). The zero-order chi connectivity index (χ0) is 15.5. The lowest BCUT2D eigenvalue weighted by Gasteiger charge is -2.06. The Morgan fingerprint density at radius 2 is 1.95 bits per heavy atom. The molecule has 2 aromatic rings. The van der Waals surface area contributed by atoms with Crippen LogP contribution in [0.4, 0.5) is 11.5 Å². The van der Waals surface area contributed by atoms with Gasteiger partial charge in [-0.1, -0.05) is 0 Å². The zero-order valence-corrected chi connectivity index (χ0v) is 13.5. The fraction of sp³-hybridized carbons (Fsp3) is 0.308. The van der Waals surface area contributed by atoms with E-state index in [1.54, 1.807) is 12.1 Å². The van der Waals surface area contributed by atoms with Crippen molar-refractivity contribution in [3.63, 3.8) is 0 Å². The maximum atomic E-state index is 12.0. The fourth-order valence-electron chi connectivity index (χ4n) is 1.62. The third-order valence-corrected chi connectivity index (χ3v) is 5.52. The Morgan fingerprint density at radius 3 is 2.52 bits per heavy atom. The number of sulfonamides is 1. The lowest BCUT2D eigenvalue weighted by atomic mass is 10.3. The Labute approximate surface area is 128 Å². The van der Waals surface area contributed by atoms with E-state index in [4.69, 9.17) is 5.73 Å². The number of nitrogens with two attached hydrogens (primary N) is 1. The van der Waals surface area contributed by atoms with Gasteiger partial charge in [0.25, 0.3) is 0 Å². The van der Waals surface area contributed by atoms with Crippen LogP contribution in [0.25, 0.3) is 0 Å². The van der Waals surface area contributed by atoms with Crippen LogP contribution in [0.15, 0.2) is 29.2 Å². The van der Waals surface area contributed by atoms with Crippen molar-refractivity contribution in [3.8, 4) is 0 Å². The van der Waals surface area contributed by atoms with Gasteiger partial charge in [0.1, 0.15) is 0 Å². The average molecular weight is 326 g/mol. The molecular weight excluding hydrogens is 308 g/mol. The van der Waals surface area contributed by atoms with Crippen molar-refractivity contribution in [3.05, 3.63) is 35.5 Å². The van der Waals surface area contributed by atoms with Crippen molar-refractivity contribution in [1.82, 2.24) is 10.2 Å². The summed E-state index contributed by atoms with van der Waals surface area (Å²) in [4.78, 5) is 0.992. The first-order valence-electron chi connectivity index (χ1n) is 6.38. The van der Waals surface area contributed by atoms with Gasteiger partial charge in [-0.05, 0) is 38.1 Å². The zero-order valence-electron chi connectivity index (χ0n) is 11.9. The van der Waals surface area contributed by atoms with E-state index in [9.17, 15) is 8.42 Å². The summed E-state index contributed by atoms with van der Waals surface area (Å²) in [6.45, 7) is 3.66. The highest BCUT2D eigenvalue weighted by molar-refractivity contribution is 8.01. The van der Waals surface area contributed by atoms with E-state index in [2.05, 4.69) is 14.9 Å². The molecule has 8 heteroatoms. The number of hydrogen-bond donors (Lipinski definition) is 3. The summed E-state index contributed by atoms with van der Waals surface area (Å²) in [6.07, 6.45) is 0. The van der Waals surface area contributed by atoms with Crippen molar-refractivity contribution >= 4 is 33.3 Å². The maximum Gasteiger partial charge on any atom is 0.234 e. The summed E-state index contributed by atoms with van der Waals surface area (Å²) in [5.41, 5.74) is 7.96. The van der Waals surface area contributed by atoms with Gasteiger partial charge in [0.2, 0.25) is 10.0 Å². The Balaban J connectivity index is 1.89. The molecule has 0 aliphatic heterocycles. The third kappa shape index (κ3) is 4.40. The number of benzene rings is 1. The predicted molar refractivity (Wildman–Crippen MR) is 87.0 cm³/mol. The molecule has 0 amide bonds. The molecule has 1 aromatic heterocycles. The predicted octanol–water partition coefficient (Wildman–Crippen LogP) is 2.14. The number of thioether (sulfide) groups is 1. The monoisotopic (exact) mass is 326 g/mol. The van der Waals surface area contributed by atoms with Gasteiger partial charge in [0.15, 0.2) is 5.82 Å². The van der Waals surface area contributed by atoms with Crippen molar-refractivity contribution in [2.24, 2.45) is 0 Å². The van der Waals surface area contributed by atoms with Gasteiger partial charge >= 0.3 is 0 Å². The van der Waals surface area contributed by atoms with E-state index in [1.165, 1.54) is 11.8 Å². The number of hydrogen-bond acceptors (Lipinski definition) is 5. The van der Waals surface area contributed by atoms with Gasteiger partial charge in [0, 0.05) is 27.6 Å². The Morgan fingerprint density at radius 1 is 1.29 bits per heavy atom. The van der Waals surface area contributed by atoms with Crippen LogP contribution in [0.2, 0.25) is 0 Å². The van der Waals surface area contributed by atoms with E-state index in [-0.39, 0.29) is 5.75 Å². The normalized spacial score (nSPS) is 11.5. The maximum absolute atomic E-state index is 12.0. The first-order chi connectivity index (χ1) is 9.87. The summed E-state index contributed by atoms with van der Waals surface area (Å²) in [5.74, 6) is 0.847. The first-order valence-corrected chi connectivity index (χ1v) is 9.01. The average Bonchev–Trinajstić information content (AvgIpc) is 2.72. The minimum atomic E-state index is -3.40. The van der Waals surface area contributed by atoms with E-state index < -0.39 is 10.0 Å². The molecule has 0 saturated heterocycles. The minimum absolute atomic E-state index is 0.0212. The molecule has 114 valence electrons. The van der Waals surface area contributed by atoms with Crippen molar-refractivity contribution < 1.29 is 8.42 Å². The van der Waals surface area contributed by atoms with E-state index in [1.807, 2.05) is 26.0 Å². The lowest BCUT2D eigenvalue weighted by molar-refractivity contribution is 0.602. The molecule has 1 heterocycles. The van der Waals surface area contributed by atoms with Crippen molar-refractivity contribution in [2.75, 3.05) is 22.0 Å². The molecule has 0 radical (unpaired) electrons. The van der Waals surface area contributed by atoms with Crippen LogP contribution in [-0.4, -0.2) is 30.1 Å². The highest BCUT2D eigenvalue weighted by Crippen LogP contribution is 2.20. The van der Waals surface area contributed by atoms with Crippen LogP contribution in [0.1, 0.15) is 11.3 Å². The topological polar surface area (TPSA) is 101 Å². The van der Waals surface area contributed by atoms with Gasteiger partial charge < -0.3 is 5.73 Å². The van der Waals surface area contributed by atoms with Gasteiger partial charge in [-0.2, -0.15) is 5.10 Å². The van der Waals surface area contributed by atoms with Gasteiger partial charge in [0.05, 0.1) is 5.75 Å². The molecule has 0 aliphatic rings. The smallest absolute Gasteiger partial charge is 0.234 e. The Kier molecular flexibility index (Phi) is 4.79. The molecule has 4 N–H and O–H groups in total. The van der Waals surface area contributed by atoms with E-state index >= 15 is 0 Å². The fourth-order valence-corrected chi connectivity index (χ4v) is 3.99. The number of nitrogens with zero attached hydrogens (tertiary/aromatic N) is 1. The second-order valence-electron chi connectivity index (χ2n) is 4.66. The van der Waals surface area contributed by atoms with Gasteiger partial charge in [-0.3, -0.25) is 9.82 Å². The van der Waals surface area contributed by atoms with Gasteiger partial charge in [-0.15, -0.1) is 11.8 Å². The van der Waals surface area contributed by atoms with E-state index in [0.29, 0.717) is 17.3 Å². The number of aryl methyl sites for hydroxylation is 1. The SMILES string of the molecule is Cc1[nH]nc(NS(=O)(=O)CCSc2ccc(N)cc2)c1C. The van der Waals surface area contributed by atoms with E-state index in [0.717, 1.165) is 16.2 Å². The largest absolute Gasteiger partial charge is 0.399 e. The molecule has 0 bridgehead atoms. The third-order valence-electron chi connectivity index (χ3n) is 3.01. The molecule has 1 aromatic carbocycles. The minimum Gasteiger partial charge on any atom is -0.399 e. The molecule has 0 aliphatic carbocycles. The number of nitrogen functional groups attached to an aromatic ring is 1. The van der Waals surface area contributed by atoms with Crippen LogP contribution in [-0.2, 0) is 10.0 Å². The van der Waals surface area contributed by atoms with Crippen LogP contribution in [0.3, 0.4) is 0 Å². The molecule has 6 nitrogen and oxygen atoms in total. The van der Waals surface area contributed by atoms with Crippen LogP contribution in [0, 0.1) is 13.8 Å². The summed E-state index contributed by atoms with van der Waals surface area (Å²) >= 11 is 1.47. The molecule has 0 spiro atoms. The highest BCUT2D eigenvalue weighted by atomic mass is 32.2. The van der Waals surface area contributed by atoms with Crippen LogP contribution in [0.5, 0.6) is 0 Å². The van der Waals surface area contributed by atoms with Crippen molar-refractivity contribution in [1.29, 1.82) is 0 Å². The summed E-state index contributed by atoms with van der Waals surface area (Å²) in [5, 5.41) is 6.69. The number of rotatable bonds is 6. The lowest BCUT2D eigenvalue weighted by Crippen LogP contribution is -2.18. The number of aromatic amines is 1. The number of H-pyrrole nitrogens is 1. The number of anilines is 2. The summed E-state index contributed by atoms with van der Waals surface area (Å²) < 4.78 is 26.5. The Hall–Kier alpha value is -1.67. The second-order valence-corrected chi connectivity index (χ2v) is 7.67. The molecule has 2 rings (SSSR count). The van der Waals surface area contributed by atoms with Crippen LogP contribution < -0.4 is 10.5 Å². The molecule has 21 heavy (non-hydrogen) atoms. The molecular formula is C13H18N4O2S2. The summed E-state index contributed by atoms with van der Waals surface area (Å²) in [6, 6.07) is 7.35. The number of nitrogens with one attached hydrogen (secondary N) is 2. The summed E-state index contributed by atoms with van der Waals surface area (Å²) in [7, 11) is -3.40. The molecule has 0 saturated carbocycles. The van der Waals surface area contributed by atoms with Crippen molar-refractivity contribution in [2.45, 2.75) is 18.7 Å². The Bertz CT molecular complexity index is 708. The van der Waals surface area contributed by atoms with Gasteiger partial charge in [-0.25, -0.2) is 8.42 Å². The molecule has 0 atom stereocenters. The molecule has 0 fully saturated rings. The second kappa shape index (κ2) is 6.40. The first kappa shape index (κ1) is 15.7. The highest BCUT2D eigenvalue weighted by Gasteiger charge is 2.14. The molecule has 0 unspecified atom stereocenters.